The van der Waals surface area contributed by atoms with Crippen molar-refractivity contribution in [1.82, 2.24) is 0 Å². The van der Waals surface area contributed by atoms with E-state index in [1.54, 1.807) is 12.1 Å². The topological polar surface area (TPSA) is 63.4 Å². The molecule has 15 heavy (non-hydrogen) atoms. The first-order valence-corrected chi connectivity index (χ1v) is 5.44. The van der Waals surface area contributed by atoms with Gasteiger partial charge in [0, 0.05) is 22.5 Å². The third kappa shape index (κ3) is 3.28. The Morgan fingerprint density at radius 3 is 2.80 bits per heavy atom. The zero-order valence-corrected chi connectivity index (χ0v) is 9.90. The Hall–Kier alpha value is -0.940. The van der Waals surface area contributed by atoms with Crippen molar-refractivity contribution in [3.8, 4) is 0 Å². The fourth-order valence-electron chi connectivity index (χ4n) is 1.29. The molecule has 1 aromatic rings. The minimum atomic E-state index is -0.530. The van der Waals surface area contributed by atoms with Crippen LogP contribution in [0.2, 0.25) is 0 Å². The van der Waals surface area contributed by atoms with Gasteiger partial charge in [0.25, 0.3) is 5.69 Å². The summed E-state index contributed by atoms with van der Waals surface area (Å²) in [5, 5.41) is 20.2. The van der Waals surface area contributed by atoms with Gasteiger partial charge in [-0.2, -0.15) is 0 Å². The smallest absolute Gasteiger partial charge is 0.272 e. The number of halogens is 1. The highest BCUT2D eigenvalue weighted by Gasteiger charge is 2.16. The first-order valence-electron chi connectivity index (χ1n) is 4.65. The SMILES string of the molecule is CCC(O)Cc1cc(Br)ccc1[N+](=O)[O-]. The molecule has 4 nitrogen and oxygen atoms in total. The number of aliphatic hydroxyl groups is 1. The van der Waals surface area contributed by atoms with Gasteiger partial charge >= 0.3 is 0 Å². The Kier molecular flexibility index (Phi) is 4.23. The molecule has 0 heterocycles. The van der Waals surface area contributed by atoms with Crippen LogP contribution >= 0.6 is 15.9 Å². The van der Waals surface area contributed by atoms with E-state index in [9.17, 15) is 15.2 Å². The van der Waals surface area contributed by atoms with Crippen LogP contribution in [0.15, 0.2) is 22.7 Å². The normalized spacial score (nSPS) is 12.5. The molecule has 1 unspecified atom stereocenters. The first-order chi connectivity index (χ1) is 7.04. The third-order valence-corrected chi connectivity index (χ3v) is 2.66. The van der Waals surface area contributed by atoms with Crippen molar-refractivity contribution in [3.05, 3.63) is 38.3 Å². The standard InChI is InChI=1S/C10H12BrNO3/c1-2-9(13)6-7-5-8(11)3-4-10(7)12(14)15/h3-5,9,13H,2,6H2,1H3. The van der Waals surface area contributed by atoms with Crippen LogP contribution in [0.3, 0.4) is 0 Å². The summed E-state index contributed by atoms with van der Waals surface area (Å²) >= 11 is 3.25. The average Bonchev–Trinajstić information content (AvgIpc) is 2.17. The highest BCUT2D eigenvalue weighted by atomic mass is 79.9. The molecule has 1 rings (SSSR count). The van der Waals surface area contributed by atoms with Crippen LogP contribution in [0.25, 0.3) is 0 Å². The van der Waals surface area contributed by atoms with Crippen molar-refractivity contribution in [3.63, 3.8) is 0 Å². The molecule has 0 amide bonds. The molecule has 1 N–H and O–H groups in total. The van der Waals surface area contributed by atoms with E-state index in [1.807, 2.05) is 6.92 Å². The minimum Gasteiger partial charge on any atom is -0.393 e. The molecule has 1 atom stereocenters. The highest BCUT2D eigenvalue weighted by Crippen LogP contribution is 2.24. The van der Waals surface area contributed by atoms with Gasteiger partial charge in [0.05, 0.1) is 11.0 Å². The molecule has 0 saturated carbocycles. The summed E-state index contributed by atoms with van der Waals surface area (Å²) < 4.78 is 0.784. The molecule has 0 saturated heterocycles. The Morgan fingerprint density at radius 1 is 1.60 bits per heavy atom. The monoisotopic (exact) mass is 273 g/mol. The predicted molar refractivity (Wildman–Crippen MR) is 60.8 cm³/mol. The van der Waals surface area contributed by atoms with Crippen molar-refractivity contribution in [2.75, 3.05) is 0 Å². The molecule has 0 aliphatic carbocycles. The molecule has 0 spiro atoms. The molecule has 1 aromatic carbocycles. The van der Waals surface area contributed by atoms with Crippen molar-refractivity contribution < 1.29 is 10.0 Å². The molecular weight excluding hydrogens is 262 g/mol. The van der Waals surface area contributed by atoms with Crippen molar-refractivity contribution >= 4 is 21.6 Å². The van der Waals surface area contributed by atoms with Crippen molar-refractivity contribution in [1.29, 1.82) is 0 Å². The zero-order valence-electron chi connectivity index (χ0n) is 8.31. The van der Waals surface area contributed by atoms with E-state index in [0.29, 0.717) is 18.4 Å². The molecule has 0 aliphatic rings. The summed E-state index contributed by atoms with van der Waals surface area (Å²) in [6.45, 7) is 1.84. The molecule has 0 bridgehead atoms. The van der Waals surface area contributed by atoms with Gasteiger partial charge < -0.3 is 5.11 Å². The summed E-state index contributed by atoms with van der Waals surface area (Å²) in [7, 11) is 0. The molecule has 0 radical (unpaired) electrons. The fraction of sp³-hybridized carbons (Fsp3) is 0.400. The van der Waals surface area contributed by atoms with Crippen LogP contribution in [0.1, 0.15) is 18.9 Å². The van der Waals surface area contributed by atoms with Gasteiger partial charge in [0.1, 0.15) is 0 Å². The van der Waals surface area contributed by atoms with E-state index in [0.717, 1.165) is 4.47 Å². The van der Waals surface area contributed by atoms with E-state index in [1.165, 1.54) is 6.07 Å². The van der Waals surface area contributed by atoms with Crippen molar-refractivity contribution in [2.24, 2.45) is 0 Å². The molecular formula is C10H12BrNO3. The predicted octanol–water partition coefficient (Wildman–Crippen LogP) is 2.67. The van der Waals surface area contributed by atoms with Gasteiger partial charge in [0.15, 0.2) is 0 Å². The number of rotatable bonds is 4. The lowest BCUT2D eigenvalue weighted by Crippen LogP contribution is -2.10. The minimum absolute atomic E-state index is 0.0608. The number of hydrogen-bond donors (Lipinski definition) is 1. The second-order valence-corrected chi connectivity index (χ2v) is 4.21. The van der Waals surface area contributed by atoms with Gasteiger partial charge in [-0.05, 0) is 18.6 Å². The van der Waals surface area contributed by atoms with Crippen LogP contribution < -0.4 is 0 Å². The molecule has 0 aromatic heterocycles. The maximum Gasteiger partial charge on any atom is 0.272 e. The second kappa shape index (κ2) is 5.23. The lowest BCUT2D eigenvalue weighted by Gasteiger charge is -2.08. The maximum atomic E-state index is 10.7. The summed E-state index contributed by atoms with van der Waals surface area (Å²) in [6, 6.07) is 4.75. The van der Waals surface area contributed by atoms with E-state index < -0.39 is 11.0 Å². The van der Waals surface area contributed by atoms with Crippen LogP contribution in [-0.2, 0) is 6.42 Å². The largest absolute Gasteiger partial charge is 0.393 e. The van der Waals surface area contributed by atoms with Crippen LogP contribution in [0.5, 0.6) is 0 Å². The van der Waals surface area contributed by atoms with Gasteiger partial charge in [-0.1, -0.05) is 22.9 Å². The highest BCUT2D eigenvalue weighted by molar-refractivity contribution is 9.10. The second-order valence-electron chi connectivity index (χ2n) is 3.30. The molecule has 5 heteroatoms. The van der Waals surface area contributed by atoms with Gasteiger partial charge in [-0.15, -0.1) is 0 Å². The van der Waals surface area contributed by atoms with Gasteiger partial charge in [-0.25, -0.2) is 0 Å². The summed E-state index contributed by atoms with van der Waals surface area (Å²) in [6.07, 6.45) is 0.369. The van der Waals surface area contributed by atoms with Crippen LogP contribution in [0, 0.1) is 10.1 Å². The Labute approximate surface area is 96.2 Å². The lowest BCUT2D eigenvalue weighted by molar-refractivity contribution is -0.385. The Balaban J connectivity index is 3.02. The van der Waals surface area contributed by atoms with E-state index in [-0.39, 0.29) is 5.69 Å². The van der Waals surface area contributed by atoms with Gasteiger partial charge in [0.2, 0.25) is 0 Å². The average molecular weight is 274 g/mol. The van der Waals surface area contributed by atoms with Crippen LogP contribution in [0.4, 0.5) is 5.69 Å². The molecule has 0 fully saturated rings. The van der Waals surface area contributed by atoms with Crippen LogP contribution in [-0.4, -0.2) is 16.1 Å². The molecule has 82 valence electrons. The van der Waals surface area contributed by atoms with Crippen molar-refractivity contribution in [2.45, 2.75) is 25.9 Å². The first kappa shape index (κ1) is 12.1. The number of nitro benzene ring substituents is 1. The lowest BCUT2D eigenvalue weighted by atomic mass is 10.0. The Bertz CT molecular complexity index is 368. The number of nitrogens with zero attached hydrogens (tertiary/aromatic N) is 1. The number of aliphatic hydroxyl groups excluding tert-OH is 1. The Morgan fingerprint density at radius 2 is 2.27 bits per heavy atom. The number of nitro groups is 1. The summed E-state index contributed by atoms with van der Waals surface area (Å²) in [4.78, 5) is 10.3. The van der Waals surface area contributed by atoms with Gasteiger partial charge in [-0.3, -0.25) is 10.1 Å². The van der Waals surface area contributed by atoms with E-state index in [4.69, 9.17) is 0 Å². The summed E-state index contributed by atoms with van der Waals surface area (Å²) in [5.74, 6) is 0. The quantitative estimate of drug-likeness (QED) is 0.678. The number of benzene rings is 1. The molecule has 0 aliphatic heterocycles. The van der Waals surface area contributed by atoms with E-state index in [2.05, 4.69) is 15.9 Å². The summed E-state index contributed by atoms with van der Waals surface area (Å²) in [5.41, 5.74) is 0.620. The zero-order chi connectivity index (χ0) is 11.4. The number of hydrogen-bond acceptors (Lipinski definition) is 3. The fourth-order valence-corrected chi connectivity index (χ4v) is 1.70. The maximum absolute atomic E-state index is 10.7. The third-order valence-electron chi connectivity index (χ3n) is 2.17. The van der Waals surface area contributed by atoms with E-state index >= 15 is 0 Å².